The molecule has 2 aromatic heterocycles. The minimum Gasteiger partial charge on any atom is -0.434 e. The van der Waals surface area contributed by atoms with Crippen molar-refractivity contribution in [2.45, 2.75) is 33.0 Å². The molecule has 0 saturated carbocycles. The van der Waals surface area contributed by atoms with Gasteiger partial charge in [0.2, 0.25) is 0 Å². The Morgan fingerprint density at radius 1 is 1.28 bits per heavy atom. The number of para-hydroxylation sites is 1. The second-order valence-corrected chi connectivity index (χ2v) is 6.88. The molecule has 0 aliphatic carbocycles. The molecule has 3 aromatic rings. The molecule has 0 spiro atoms. The molecule has 1 N–H and O–H groups in total. The highest BCUT2D eigenvalue weighted by Gasteiger charge is 2.34. The molecule has 3 rings (SSSR count). The largest absolute Gasteiger partial charge is 0.434 e. The number of hydrogen-bond acceptors (Lipinski definition) is 3. The summed E-state index contributed by atoms with van der Waals surface area (Å²) in [6.07, 6.45) is 1.81. The van der Waals surface area contributed by atoms with Crippen molar-refractivity contribution in [3.8, 4) is 5.75 Å². The molecule has 4 nitrogen and oxygen atoms in total. The first-order valence-electron chi connectivity index (χ1n) is 7.63. The van der Waals surface area contributed by atoms with E-state index in [0.717, 1.165) is 10.0 Å². The Bertz CT molecular complexity index is 938. The van der Waals surface area contributed by atoms with E-state index in [2.05, 4.69) is 25.7 Å². The summed E-state index contributed by atoms with van der Waals surface area (Å²) >= 11 is 3.48. The van der Waals surface area contributed by atoms with Gasteiger partial charge in [0, 0.05) is 16.2 Å². The van der Waals surface area contributed by atoms with Crippen LogP contribution in [0.15, 0.2) is 41.0 Å². The summed E-state index contributed by atoms with van der Waals surface area (Å²) < 4.78 is 32.7. The Morgan fingerprint density at radius 2 is 1.96 bits per heavy atom. The van der Waals surface area contributed by atoms with E-state index in [1.807, 2.05) is 19.2 Å². The summed E-state index contributed by atoms with van der Waals surface area (Å²) in [5.41, 5.74) is 1.44. The molecule has 1 aromatic carbocycles. The third-order valence-corrected chi connectivity index (χ3v) is 5.00. The van der Waals surface area contributed by atoms with Crippen molar-refractivity contribution in [2.24, 2.45) is 0 Å². The maximum absolute atomic E-state index is 12.7. The molecule has 0 aliphatic rings. The number of aliphatic hydroxyl groups is 1. The Morgan fingerprint density at radius 3 is 2.64 bits per heavy atom. The number of pyridine rings is 1. The number of halogens is 3. The first kappa shape index (κ1) is 17.8. The van der Waals surface area contributed by atoms with E-state index in [0.29, 0.717) is 17.0 Å². The molecule has 0 fully saturated rings. The van der Waals surface area contributed by atoms with Crippen LogP contribution in [0.25, 0.3) is 5.65 Å². The van der Waals surface area contributed by atoms with Crippen molar-refractivity contribution in [2.75, 3.05) is 0 Å². The highest BCUT2D eigenvalue weighted by molar-refractivity contribution is 9.10. The fraction of sp³-hybridized carbons (Fsp3) is 0.278. The second-order valence-electron chi connectivity index (χ2n) is 6.03. The van der Waals surface area contributed by atoms with Crippen LogP contribution in [0, 0.1) is 13.8 Å². The zero-order valence-corrected chi connectivity index (χ0v) is 15.5. The third kappa shape index (κ3) is 3.14. The number of rotatable bonds is 4. The number of fused-ring (bicyclic) bond motifs is 1. The van der Waals surface area contributed by atoms with Crippen LogP contribution >= 0.6 is 15.9 Å². The quantitative estimate of drug-likeness (QED) is 0.684. The minimum absolute atomic E-state index is 0.0666. The van der Waals surface area contributed by atoms with Gasteiger partial charge in [-0.3, -0.25) is 4.40 Å². The van der Waals surface area contributed by atoms with Crippen molar-refractivity contribution in [1.82, 2.24) is 9.38 Å². The van der Waals surface area contributed by atoms with Crippen LogP contribution in [0.1, 0.15) is 29.4 Å². The lowest BCUT2D eigenvalue weighted by Crippen LogP contribution is -2.27. The van der Waals surface area contributed by atoms with Crippen LogP contribution in [-0.2, 0) is 5.60 Å². The highest BCUT2D eigenvalue weighted by Crippen LogP contribution is 2.38. The summed E-state index contributed by atoms with van der Waals surface area (Å²) in [5.74, 6) is -0.0666. The Kier molecular flexibility index (Phi) is 4.55. The average Bonchev–Trinajstić information content (AvgIpc) is 2.83. The van der Waals surface area contributed by atoms with Gasteiger partial charge in [-0.05, 0) is 54.4 Å². The zero-order chi connectivity index (χ0) is 18.4. The zero-order valence-electron chi connectivity index (χ0n) is 13.9. The lowest BCUT2D eigenvalue weighted by molar-refractivity contribution is -0.0527. The first-order chi connectivity index (χ1) is 11.7. The summed E-state index contributed by atoms with van der Waals surface area (Å²) in [4.78, 5) is 4.49. The van der Waals surface area contributed by atoms with Gasteiger partial charge in [-0.1, -0.05) is 18.2 Å². The molecular formula is C18H17BrF2N2O2. The fourth-order valence-electron chi connectivity index (χ4n) is 3.06. The maximum atomic E-state index is 12.7. The van der Waals surface area contributed by atoms with E-state index in [9.17, 15) is 13.9 Å². The standard InChI is InChI=1S/C18H17BrF2N2O2/c1-10-8-15-22-11(2)16(23(15)9-13(10)19)18(3,24)12-6-4-5-7-14(12)25-17(20)21/h4-9,17,24H,1-3H3. The van der Waals surface area contributed by atoms with Crippen molar-refractivity contribution in [1.29, 1.82) is 0 Å². The molecule has 0 radical (unpaired) electrons. The molecule has 0 aliphatic heterocycles. The van der Waals surface area contributed by atoms with Crippen molar-refractivity contribution >= 4 is 21.6 Å². The van der Waals surface area contributed by atoms with E-state index in [-0.39, 0.29) is 11.3 Å². The number of benzene rings is 1. The number of hydrogen-bond donors (Lipinski definition) is 1. The molecule has 7 heteroatoms. The van der Waals surface area contributed by atoms with Gasteiger partial charge >= 0.3 is 6.61 Å². The Labute approximate surface area is 152 Å². The van der Waals surface area contributed by atoms with Gasteiger partial charge in [0.15, 0.2) is 0 Å². The van der Waals surface area contributed by atoms with Crippen LogP contribution in [0.2, 0.25) is 0 Å². The van der Waals surface area contributed by atoms with Crippen LogP contribution in [-0.4, -0.2) is 21.1 Å². The highest BCUT2D eigenvalue weighted by atomic mass is 79.9. The van der Waals surface area contributed by atoms with Gasteiger partial charge in [0.25, 0.3) is 0 Å². The van der Waals surface area contributed by atoms with E-state index in [4.69, 9.17) is 0 Å². The first-order valence-corrected chi connectivity index (χ1v) is 8.43. The summed E-state index contributed by atoms with van der Waals surface area (Å²) in [6, 6.07) is 8.12. The molecule has 1 atom stereocenters. The number of nitrogens with zero attached hydrogens (tertiary/aromatic N) is 2. The monoisotopic (exact) mass is 410 g/mol. The van der Waals surface area contributed by atoms with E-state index >= 15 is 0 Å². The van der Waals surface area contributed by atoms with Gasteiger partial charge in [-0.15, -0.1) is 0 Å². The number of aromatic nitrogens is 2. The van der Waals surface area contributed by atoms with Gasteiger partial charge < -0.3 is 9.84 Å². The molecular weight excluding hydrogens is 394 g/mol. The van der Waals surface area contributed by atoms with Gasteiger partial charge in [0.05, 0.1) is 11.4 Å². The van der Waals surface area contributed by atoms with Gasteiger partial charge in [-0.2, -0.15) is 8.78 Å². The molecule has 25 heavy (non-hydrogen) atoms. The maximum Gasteiger partial charge on any atom is 0.387 e. The fourth-order valence-corrected chi connectivity index (χ4v) is 3.38. The molecule has 0 saturated heterocycles. The van der Waals surface area contributed by atoms with E-state index < -0.39 is 12.2 Å². The van der Waals surface area contributed by atoms with Crippen LogP contribution in [0.5, 0.6) is 5.75 Å². The molecule has 132 valence electrons. The Balaban J connectivity index is 2.24. The number of aryl methyl sites for hydroxylation is 2. The smallest absolute Gasteiger partial charge is 0.387 e. The SMILES string of the molecule is Cc1cc2nc(C)c(C(C)(O)c3ccccc3OC(F)F)n2cc1Br. The molecule has 0 bridgehead atoms. The van der Waals surface area contributed by atoms with Crippen molar-refractivity contribution in [3.05, 3.63) is 63.5 Å². The second kappa shape index (κ2) is 6.38. The summed E-state index contributed by atoms with van der Waals surface area (Å²) in [6.45, 7) is 2.29. The van der Waals surface area contributed by atoms with Gasteiger partial charge in [0.1, 0.15) is 17.0 Å². The number of ether oxygens (including phenoxy) is 1. The van der Waals surface area contributed by atoms with Crippen LogP contribution < -0.4 is 4.74 Å². The van der Waals surface area contributed by atoms with E-state index in [1.165, 1.54) is 6.07 Å². The number of alkyl halides is 2. The predicted molar refractivity (Wildman–Crippen MR) is 94.1 cm³/mol. The lowest BCUT2D eigenvalue weighted by Gasteiger charge is -2.27. The minimum atomic E-state index is -2.97. The van der Waals surface area contributed by atoms with E-state index in [1.54, 1.807) is 36.4 Å². The van der Waals surface area contributed by atoms with Crippen molar-refractivity contribution < 1.29 is 18.6 Å². The molecule has 0 amide bonds. The van der Waals surface area contributed by atoms with Crippen LogP contribution in [0.3, 0.4) is 0 Å². The normalized spacial score (nSPS) is 14.1. The third-order valence-electron chi connectivity index (χ3n) is 4.17. The molecule has 1 unspecified atom stereocenters. The topological polar surface area (TPSA) is 46.8 Å². The van der Waals surface area contributed by atoms with Crippen LogP contribution in [0.4, 0.5) is 8.78 Å². The lowest BCUT2D eigenvalue weighted by atomic mass is 9.90. The summed E-state index contributed by atoms with van der Waals surface area (Å²) in [7, 11) is 0. The van der Waals surface area contributed by atoms with Crippen molar-refractivity contribution in [3.63, 3.8) is 0 Å². The summed E-state index contributed by atoms with van der Waals surface area (Å²) in [5, 5.41) is 11.3. The Hall–Kier alpha value is -1.99. The molecule has 2 heterocycles. The van der Waals surface area contributed by atoms with Gasteiger partial charge in [-0.25, -0.2) is 4.98 Å². The number of imidazole rings is 1. The average molecular weight is 411 g/mol. The predicted octanol–water partition coefficient (Wildman–Crippen LogP) is 4.57.